The van der Waals surface area contributed by atoms with Gasteiger partial charge in [-0.1, -0.05) is 54.1 Å². The van der Waals surface area contributed by atoms with Gasteiger partial charge in [0.05, 0.1) is 19.2 Å². The van der Waals surface area contributed by atoms with Crippen molar-refractivity contribution < 1.29 is 4.74 Å². The molecule has 30 heavy (non-hydrogen) atoms. The zero-order valence-corrected chi connectivity index (χ0v) is 16.7. The van der Waals surface area contributed by atoms with Crippen molar-refractivity contribution in [1.29, 1.82) is 0 Å². The minimum absolute atomic E-state index is 0.225. The van der Waals surface area contributed by atoms with Crippen LogP contribution in [0.3, 0.4) is 0 Å². The van der Waals surface area contributed by atoms with Crippen LogP contribution < -0.4 is 10.4 Å². The van der Waals surface area contributed by atoms with E-state index in [1.165, 1.54) is 4.52 Å². The van der Waals surface area contributed by atoms with Crippen LogP contribution in [-0.4, -0.2) is 26.3 Å². The molecule has 0 spiro atoms. The van der Waals surface area contributed by atoms with Gasteiger partial charge in [0.2, 0.25) is 0 Å². The van der Waals surface area contributed by atoms with Gasteiger partial charge in [-0.25, -0.2) is 9.78 Å². The first-order chi connectivity index (χ1) is 14.6. The van der Waals surface area contributed by atoms with Crippen molar-refractivity contribution in [2.75, 3.05) is 7.11 Å². The lowest BCUT2D eigenvalue weighted by atomic mass is 10.1. The highest BCUT2D eigenvalue weighted by molar-refractivity contribution is 5.92. The third kappa shape index (κ3) is 3.03. The SMILES string of the molecule is COc1cccc(Cn2c(=O)n3nc(-c4ccc(C)cc4)nc3c3ccccc32)c1. The Bertz CT molecular complexity index is 1430. The van der Waals surface area contributed by atoms with Crippen molar-refractivity contribution in [2.45, 2.75) is 13.5 Å². The highest BCUT2D eigenvalue weighted by Gasteiger charge is 2.16. The Balaban J connectivity index is 1.73. The third-order valence-electron chi connectivity index (χ3n) is 5.24. The van der Waals surface area contributed by atoms with Gasteiger partial charge in [0, 0.05) is 10.9 Å². The largest absolute Gasteiger partial charge is 0.497 e. The van der Waals surface area contributed by atoms with Crippen molar-refractivity contribution in [2.24, 2.45) is 0 Å². The monoisotopic (exact) mass is 396 g/mol. The van der Waals surface area contributed by atoms with Crippen LogP contribution in [0.1, 0.15) is 11.1 Å². The summed E-state index contributed by atoms with van der Waals surface area (Å²) in [5.74, 6) is 1.30. The number of aryl methyl sites for hydroxylation is 1. The molecule has 0 aliphatic rings. The number of para-hydroxylation sites is 1. The van der Waals surface area contributed by atoms with E-state index in [1.807, 2.05) is 79.7 Å². The number of hydrogen-bond donors (Lipinski definition) is 0. The minimum Gasteiger partial charge on any atom is -0.497 e. The Morgan fingerprint density at radius 2 is 1.77 bits per heavy atom. The summed E-state index contributed by atoms with van der Waals surface area (Å²) >= 11 is 0. The van der Waals surface area contributed by atoms with E-state index in [9.17, 15) is 4.79 Å². The molecule has 0 aliphatic heterocycles. The maximum Gasteiger partial charge on any atom is 0.351 e. The zero-order chi connectivity index (χ0) is 20.7. The molecule has 0 unspecified atom stereocenters. The summed E-state index contributed by atoms with van der Waals surface area (Å²) in [6, 6.07) is 23.5. The number of aromatic nitrogens is 4. The second-order valence-electron chi connectivity index (χ2n) is 7.27. The smallest absolute Gasteiger partial charge is 0.351 e. The van der Waals surface area contributed by atoms with E-state index in [0.29, 0.717) is 18.0 Å². The van der Waals surface area contributed by atoms with Crippen LogP contribution in [0.25, 0.3) is 27.9 Å². The van der Waals surface area contributed by atoms with Gasteiger partial charge in [-0.2, -0.15) is 4.52 Å². The van der Waals surface area contributed by atoms with Gasteiger partial charge >= 0.3 is 5.69 Å². The van der Waals surface area contributed by atoms with E-state index in [0.717, 1.165) is 33.3 Å². The molecule has 2 aromatic heterocycles. The average Bonchev–Trinajstić information content (AvgIpc) is 3.23. The van der Waals surface area contributed by atoms with E-state index < -0.39 is 0 Å². The Morgan fingerprint density at radius 3 is 2.57 bits per heavy atom. The fourth-order valence-electron chi connectivity index (χ4n) is 3.67. The highest BCUT2D eigenvalue weighted by Crippen LogP contribution is 2.22. The summed E-state index contributed by atoms with van der Waals surface area (Å²) in [7, 11) is 1.63. The van der Waals surface area contributed by atoms with Crippen LogP contribution in [0.15, 0.2) is 77.6 Å². The van der Waals surface area contributed by atoms with E-state index >= 15 is 0 Å². The molecule has 3 aromatic carbocycles. The summed E-state index contributed by atoms with van der Waals surface area (Å²) in [6.45, 7) is 2.44. The van der Waals surface area contributed by atoms with Crippen molar-refractivity contribution in [3.8, 4) is 17.1 Å². The zero-order valence-electron chi connectivity index (χ0n) is 16.7. The second-order valence-corrected chi connectivity index (χ2v) is 7.27. The Kier molecular flexibility index (Phi) is 4.32. The lowest BCUT2D eigenvalue weighted by molar-refractivity contribution is 0.414. The molecule has 0 fully saturated rings. The molecule has 5 rings (SSSR count). The molecule has 0 aliphatic carbocycles. The van der Waals surface area contributed by atoms with Crippen LogP contribution >= 0.6 is 0 Å². The average molecular weight is 396 g/mol. The van der Waals surface area contributed by atoms with Crippen molar-refractivity contribution in [1.82, 2.24) is 19.2 Å². The molecule has 0 N–H and O–H groups in total. The molecule has 0 saturated heterocycles. The van der Waals surface area contributed by atoms with Gasteiger partial charge in [-0.3, -0.25) is 4.57 Å². The maximum atomic E-state index is 13.4. The fourth-order valence-corrected chi connectivity index (χ4v) is 3.67. The predicted octanol–water partition coefficient (Wildman–Crippen LogP) is 4.08. The maximum absolute atomic E-state index is 13.4. The van der Waals surface area contributed by atoms with Crippen LogP contribution in [0.2, 0.25) is 0 Å². The third-order valence-corrected chi connectivity index (χ3v) is 5.24. The molecule has 0 bridgehead atoms. The highest BCUT2D eigenvalue weighted by atomic mass is 16.5. The summed E-state index contributed by atoms with van der Waals surface area (Å²) < 4.78 is 8.45. The number of fused-ring (bicyclic) bond motifs is 3. The standard InChI is InChI=1S/C24H20N4O2/c1-16-10-12-18(13-11-16)22-25-23-20-8-3-4-9-21(20)27(24(29)28(23)26-22)15-17-6-5-7-19(14-17)30-2/h3-14H,15H2,1-2H3. The molecule has 148 valence electrons. The van der Waals surface area contributed by atoms with Crippen LogP contribution in [-0.2, 0) is 6.54 Å². The lowest BCUT2D eigenvalue weighted by Crippen LogP contribution is -2.28. The topological polar surface area (TPSA) is 61.4 Å². The molecular weight excluding hydrogens is 376 g/mol. The quantitative estimate of drug-likeness (QED) is 0.459. The molecule has 0 radical (unpaired) electrons. The fraction of sp³-hybridized carbons (Fsp3) is 0.125. The molecule has 2 heterocycles. The molecule has 0 saturated carbocycles. The van der Waals surface area contributed by atoms with Crippen LogP contribution in [0.5, 0.6) is 5.75 Å². The normalized spacial score (nSPS) is 11.3. The Hall–Kier alpha value is -3.93. The summed E-state index contributed by atoms with van der Waals surface area (Å²) in [5.41, 5.74) is 4.17. The van der Waals surface area contributed by atoms with Crippen molar-refractivity contribution >= 4 is 16.6 Å². The second kappa shape index (κ2) is 7.15. The molecule has 0 amide bonds. The van der Waals surface area contributed by atoms with E-state index in [4.69, 9.17) is 9.72 Å². The number of nitrogens with zero attached hydrogens (tertiary/aromatic N) is 4. The number of benzene rings is 3. The van der Waals surface area contributed by atoms with Gasteiger partial charge in [0.25, 0.3) is 0 Å². The van der Waals surface area contributed by atoms with Gasteiger partial charge in [0.15, 0.2) is 11.5 Å². The first-order valence-corrected chi connectivity index (χ1v) is 9.72. The van der Waals surface area contributed by atoms with Crippen LogP contribution in [0, 0.1) is 6.92 Å². The van der Waals surface area contributed by atoms with Gasteiger partial charge in [-0.05, 0) is 36.8 Å². The molecule has 6 heteroatoms. The summed E-state index contributed by atoms with van der Waals surface area (Å²) in [4.78, 5) is 18.1. The molecule has 5 aromatic rings. The molecule has 6 nitrogen and oxygen atoms in total. The Labute approximate surface area is 173 Å². The van der Waals surface area contributed by atoms with Crippen LogP contribution in [0.4, 0.5) is 0 Å². The van der Waals surface area contributed by atoms with E-state index in [1.54, 1.807) is 11.7 Å². The minimum atomic E-state index is -0.225. The van der Waals surface area contributed by atoms with Crippen molar-refractivity contribution in [3.05, 3.63) is 94.4 Å². The first kappa shape index (κ1) is 18.1. The first-order valence-electron chi connectivity index (χ1n) is 9.72. The Morgan fingerprint density at radius 1 is 0.967 bits per heavy atom. The number of hydrogen-bond acceptors (Lipinski definition) is 4. The number of rotatable bonds is 4. The lowest BCUT2D eigenvalue weighted by Gasteiger charge is -2.11. The van der Waals surface area contributed by atoms with Gasteiger partial charge in [0.1, 0.15) is 5.75 Å². The number of ether oxygens (including phenoxy) is 1. The molecular formula is C24H20N4O2. The van der Waals surface area contributed by atoms with Crippen molar-refractivity contribution in [3.63, 3.8) is 0 Å². The van der Waals surface area contributed by atoms with Gasteiger partial charge < -0.3 is 4.74 Å². The van der Waals surface area contributed by atoms with Gasteiger partial charge in [-0.15, -0.1) is 5.10 Å². The predicted molar refractivity (Wildman–Crippen MR) is 117 cm³/mol. The van der Waals surface area contributed by atoms with E-state index in [-0.39, 0.29) is 5.69 Å². The summed E-state index contributed by atoms with van der Waals surface area (Å²) in [6.07, 6.45) is 0. The molecule has 0 atom stereocenters. The number of methoxy groups -OCH3 is 1. The summed E-state index contributed by atoms with van der Waals surface area (Å²) in [5, 5.41) is 5.43. The van der Waals surface area contributed by atoms with E-state index in [2.05, 4.69) is 5.10 Å².